The van der Waals surface area contributed by atoms with E-state index in [-0.39, 0.29) is 15.9 Å². The highest BCUT2D eigenvalue weighted by molar-refractivity contribution is 8.11. The Balaban J connectivity index is 2.04. The maximum Gasteiger partial charge on any atom is 0.234 e. The molecule has 2 nitrogen and oxygen atoms in total. The van der Waals surface area contributed by atoms with Crippen molar-refractivity contribution in [3.63, 3.8) is 0 Å². The predicted molar refractivity (Wildman–Crippen MR) is 158 cm³/mol. The summed E-state index contributed by atoms with van der Waals surface area (Å²) in [5, 5.41) is 0. The summed E-state index contributed by atoms with van der Waals surface area (Å²) in [5.74, 6) is -0.378. The van der Waals surface area contributed by atoms with Gasteiger partial charge in [-0.2, -0.15) is 0 Å². The molecule has 0 N–H and O–H groups in total. The van der Waals surface area contributed by atoms with Crippen molar-refractivity contribution < 1.29 is 9.59 Å². The Labute approximate surface area is 218 Å². The van der Waals surface area contributed by atoms with Gasteiger partial charge in [0.1, 0.15) is 0 Å². The van der Waals surface area contributed by atoms with Crippen molar-refractivity contribution in [2.45, 2.75) is 128 Å². The summed E-state index contributed by atoms with van der Waals surface area (Å²) in [7, 11) is -3.23. The second-order valence-corrected chi connectivity index (χ2v) is 26.1. The van der Waals surface area contributed by atoms with Gasteiger partial charge in [-0.05, 0) is 35.7 Å². The number of thiophene rings is 1. The van der Waals surface area contributed by atoms with Gasteiger partial charge in [-0.1, -0.05) is 98.1 Å². The summed E-state index contributed by atoms with van der Waals surface area (Å²) < 4.78 is 1.59. The molecule has 2 heterocycles. The van der Waals surface area contributed by atoms with Gasteiger partial charge in [0, 0.05) is 20.4 Å². The molecular weight excluding hydrogens is 489 g/mol. The molecule has 1 aromatic rings. The molecule has 2 aliphatic rings. The molecule has 0 saturated heterocycles. The normalized spacial score (nSPS) is 20.8. The molecule has 0 radical (unpaired) electrons. The first-order valence-electron chi connectivity index (χ1n) is 13.6. The molecule has 0 saturated carbocycles. The maximum absolute atomic E-state index is 13.6. The number of thioether (sulfide) groups is 1. The number of hydrogen-bond donors (Lipinski definition) is 0. The SMILES string of the molecule is CCCCCCc1c([Si](C)(C)C)sc2c1C(=O)C(=O)C1=C2SC(CCCCCC)([Si](C)(C)C)C1. The summed E-state index contributed by atoms with van der Waals surface area (Å²) in [6.45, 7) is 19.1. The first-order chi connectivity index (χ1) is 15.9. The smallest absolute Gasteiger partial charge is 0.234 e. The number of unbranched alkanes of at least 4 members (excludes halogenated alkanes) is 6. The average Bonchev–Trinajstić information content (AvgIpc) is 3.32. The Morgan fingerprint density at radius 2 is 1.44 bits per heavy atom. The molecule has 190 valence electrons. The van der Waals surface area contributed by atoms with E-state index in [2.05, 4.69) is 53.1 Å². The number of Topliss-reactive ketones (excluding diaryl/α,β-unsaturated/α-hetero) is 2. The van der Waals surface area contributed by atoms with Gasteiger partial charge in [0.25, 0.3) is 0 Å². The molecule has 1 atom stereocenters. The van der Waals surface area contributed by atoms with Crippen molar-refractivity contribution in [1.82, 2.24) is 0 Å². The zero-order chi connectivity index (χ0) is 25.3. The van der Waals surface area contributed by atoms with Crippen molar-refractivity contribution in [3.8, 4) is 0 Å². The van der Waals surface area contributed by atoms with Crippen LogP contribution in [0.15, 0.2) is 5.57 Å². The van der Waals surface area contributed by atoms with E-state index in [4.69, 9.17) is 0 Å². The Kier molecular flexibility index (Phi) is 9.02. The Bertz CT molecular complexity index is 962. The lowest BCUT2D eigenvalue weighted by Crippen LogP contribution is -2.48. The van der Waals surface area contributed by atoms with Gasteiger partial charge in [0.2, 0.25) is 11.6 Å². The summed E-state index contributed by atoms with van der Waals surface area (Å²) in [6.07, 6.45) is 12.7. The highest BCUT2D eigenvalue weighted by Crippen LogP contribution is 2.60. The first-order valence-corrected chi connectivity index (χ1v) is 22.2. The van der Waals surface area contributed by atoms with Crippen LogP contribution in [-0.4, -0.2) is 32.1 Å². The van der Waals surface area contributed by atoms with Crippen LogP contribution in [0.4, 0.5) is 0 Å². The van der Waals surface area contributed by atoms with Gasteiger partial charge in [0.15, 0.2) is 0 Å². The lowest BCUT2D eigenvalue weighted by molar-refractivity contribution is -0.112. The van der Waals surface area contributed by atoms with E-state index in [0.29, 0.717) is 0 Å². The molecule has 3 rings (SSSR count). The summed E-state index contributed by atoms with van der Waals surface area (Å²) in [4.78, 5) is 29.5. The van der Waals surface area contributed by atoms with E-state index in [0.717, 1.165) is 30.4 Å². The van der Waals surface area contributed by atoms with Gasteiger partial charge in [-0.25, -0.2) is 0 Å². The van der Waals surface area contributed by atoms with Crippen LogP contribution in [0.2, 0.25) is 39.3 Å². The van der Waals surface area contributed by atoms with Crippen LogP contribution in [0.5, 0.6) is 0 Å². The predicted octanol–water partition coefficient (Wildman–Crippen LogP) is 8.62. The molecule has 0 aromatic carbocycles. The van der Waals surface area contributed by atoms with E-state index >= 15 is 0 Å². The van der Waals surface area contributed by atoms with E-state index in [1.807, 2.05) is 23.1 Å². The summed E-state index contributed by atoms with van der Waals surface area (Å²) >= 11 is 3.90. The third-order valence-electron chi connectivity index (χ3n) is 7.72. The Hall–Kier alpha value is -0.436. The lowest BCUT2D eigenvalue weighted by atomic mass is 9.88. The lowest BCUT2D eigenvalue weighted by Gasteiger charge is -2.40. The molecule has 6 heteroatoms. The monoisotopic (exact) mass is 534 g/mol. The maximum atomic E-state index is 13.6. The van der Waals surface area contributed by atoms with Crippen LogP contribution in [0.1, 0.15) is 98.9 Å². The van der Waals surface area contributed by atoms with Crippen LogP contribution in [0, 0.1) is 0 Å². The van der Waals surface area contributed by atoms with Crippen LogP contribution in [-0.2, 0) is 11.2 Å². The number of fused-ring (bicyclic) bond motifs is 2. The third-order valence-corrected chi connectivity index (χ3v) is 19.4. The van der Waals surface area contributed by atoms with Gasteiger partial charge in [0.05, 0.1) is 21.0 Å². The van der Waals surface area contributed by atoms with Crippen LogP contribution in [0.3, 0.4) is 0 Å². The van der Waals surface area contributed by atoms with Crippen molar-refractivity contribution in [2.75, 3.05) is 0 Å². The highest BCUT2D eigenvalue weighted by atomic mass is 32.2. The fourth-order valence-corrected chi connectivity index (χ4v) is 14.0. The van der Waals surface area contributed by atoms with Crippen LogP contribution < -0.4 is 4.50 Å². The van der Waals surface area contributed by atoms with E-state index in [1.165, 1.54) is 71.2 Å². The minimum atomic E-state index is -1.63. The van der Waals surface area contributed by atoms with Crippen molar-refractivity contribution in [1.29, 1.82) is 0 Å². The third kappa shape index (κ3) is 5.45. The largest absolute Gasteiger partial charge is 0.285 e. The molecule has 34 heavy (non-hydrogen) atoms. The topological polar surface area (TPSA) is 34.1 Å². The standard InChI is InChI=1S/C28H46O2S2Si2/c1-9-11-13-15-17-20-22-24(30)23(29)21-19-28(34(6,7)8,18-16-14-12-10-2)32-25(21)26(22)31-27(20)33(3,4)5/h9-19H2,1-8H3. The van der Waals surface area contributed by atoms with Gasteiger partial charge in [-0.3, -0.25) is 9.59 Å². The van der Waals surface area contributed by atoms with Gasteiger partial charge in [-0.15, -0.1) is 23.1 Å². The Morgan fingerprint density at radius 3 is 2.00 bits per heavy atom. The first kappa shape index (κ1) is 28.1. The number of ketones is 2. The number of rotatable bonds is 12. The quantitative estimate of drug-likeness (QED) is 0.153. The van der Waals surface area contributed by atoms with Gasteiger partial charge >= 0.3 is 0 Å². The highest BCUT2D eigenvalue weighted by Gasteiger charge is 2.53. The second-order valence-electron chi connectivity index (χ2n) is 12.5. The number of carbonyl (C=O) groups excluding carboxylic acids is 2. The zero-order valence-corrected chi connectivity index (χ0v) is 26.5. The molecule has 1 unspecified atom stereocenters. The molecular formula is C28H46O2S2Si2. The molecule has 0 amide bonds. The summed E-state index contributed by atoms with van der Waals surface area (Å²) in [6, 6.07) is 0. The van der Waals surface area contributed by atoms with Crippen molar-refractivity contribution in [3.05, 3.63) is 21.6 Å². The molecule has 0 spiro atoms. The molecule has 0 fully saturated rings. The number of carbonyl (C=O) groups is 2. The van der Waals surface area contributed by atoms with Gasteiger partial charge < -0.3 is 0 Å². The number of hydrogen-bond acceptors (Lipinski definition) is 4. The minimum absolute atomic E-state index is 0.133. The summed E-state index contributed by atoms with van der Waals surface area (Å²) in [5.41, 5.74) is 2.92. The van der Waals surface area contributed by atoms with Crippen LogP contribution in [0.25, 0.3) is 4.91 Å². The van der Waals surface area contributed by atoms with Crippen molar-refractivity contribution >= 4 is 60.2 Å². The second kappa shape index (κ2) is 10.9. The fraction of sp³-hybridized carbons (Fsp3) is 0.714. The molecule has 1 aliphatic carbocycles. The van der Waals surface area contributed by atoms with Crippen LogP contribution >= 0.6 is 23.1 Å². The van der Waals surface area contributed by atoms with E-state index < -0.39 is 16.1 Å². The number of allylic oxidation sites excluding steroid dienone is 1. The average molecular weight is 535 g/mol. The zero-order valence-electron chi connectivity index (χ0n) is 22.9. The molecule has 1 aromatic heterocycles. The molecule has 0 bridgehead atoms. The van der Waals surface area contributed by atoms with E-state index in [9.17, 15) is 9.59 Å². The Morgan fingerprint density at radius 1 is 0.824 bits per heavy atom. The minimum Gasteiger partial charge on any atom is -0.285 e. The van der Waals surface area contributed by atoms with E-state index in [1.54, 1.807) is 0 Å². The fourth-order valence-electron chi connectivity index (χ4n) is 5.48. The van der Waals surface area contributed by atoms with Crippen molar-refractivity contribution in [2.24, 2.45) is 0 Å². The molecule has 1 aliphatic heterocycles.